The highest BCUT2D eigenvalue weighted by Crippen LogP contribution is 2.31. The Labute approximate surface area is 214 Å². The Balaban J connectivity index is 1.25. The summed E-state index contributed by atoms with van der Waals surface area (Å²) in [6.07, 6.45) is 1.10. The van der Waals surface area contributed by atoms with Gasteiger partial charge in [0.05, 0.1) is 22.5 Å². The molecule has 3 aromatic carbocycles. The highest BCUT2D eigenvalue weighted by Gasteiger charge is 2.27. The Morgan fingerprint density at radius 1 is 0.829 bits per heavy atom. The highest BCUT2D eigenvalue weighted by atomic mass is 35.5. The van der Waals surface area contributed by atoms with E-state index in [1.807, 2.05) is 0 Å². The lowest BCUT2D eigenvalue weighted by molar-refractivity contribution is 0.109. The first-order chi connectivity index (χ1) is 17.1. The van der Waals surface area contributed by atoms with Crippen molar-refractivity contribution in [3.63, 3.8) is 0 Å². The van der Waals surface area contributed by atoms with Crippen LogP contribution < -0.4 is 0 Å². The number of aryl methyl sites for hydroxylation is 2. The van der Waals surface area contributed by atoms with Crippen LogP contribution in [0.1, 0.15) is 47.3 Å². The van der Waals surface area contributed by atoms with Crippen LogP contribution in [0.4, 0.5) is 0 Å². The fourth-order valence-corrected chi connectivity index (χ4v) is 5.72. The fourth-order valence-electron chi connectivity index (χ4n) is 5.39. The molecule has 5 heteroatoms. The number of benzene rings is 3. The van der Waals surface area contributed by atoms with Crippen LogP contribution in [-0.2, 0) is 6.54 Å². The average Bonchev–Trinajstić information content (AvgIpc) is 3.21. The second kappa shape index (κ2) is 10.9. The minimum atomic E-state index is -0.0402. The van der Waals surface area contributed by atoms with Crippen molar-refractivity contribution in [3.8, 4) is 0 Å². The molecule has 0 amide bonds. The van der Waals surface area contributed by atoms with E-state index < -0.39 is 0 Å². The second-order valence-electron chi connectivity index (χ2n) is 9.59. The molecule has 1 fully saturated rings. The first-order valence-corrected chi connectivity index (χ1v) is 13.2. The van der Waals surface area contributed by atoms with Gasteiger partial charge in [-0.25, -0.2) is 4.98 Å². The van der Waals surface area contributed by atoms with E-state index in [2.05, 4.69) is 107 Å². The molecule has 0 radical (unpaired) electrons. The smallest absolute Gasteiger partial charge is 0.106 e. The molecule has 0 spiro atoms. The molecule has 4 nitrogen and oxygen atoms in total. The molecule has 1 aliphatic heterocycles. The van der Waals surface area contributed by atoms with Crippen molar-refractivity contribution in [1.82, 2.24) is 19.4 Å². The van der Waals surface area contributed by atoms with Gasteiger partial charge < -0.3 is 4.57 Å². The van der Waals surface area contributed by atoms with Crippen LogP contribution in [0.5, 0.6) is 0 Å². The summed E-state index contributed by atoms with van der Waals surface area (Å²) in [6.45, 7) is 10.2. The van der Waals surface area contributed by atoms with Gasteiger partial charge in [0.2, 0.25) is 0 Å². The van der Waals surface area contributed by atoms with E-state index in [1.165, 1.54) is 16.6 Å². The molecule has 0 N–H and O–H groups in total. The Morgan fingerprint density at radius 2 is 1.46 bits per heavy atom. The van der Waals surface area contributed by atoms with Crippen LogP contribution >= 0.6 is 11.6 Å². The van der Waals surface area contributed by atoms with E-state index in [0.717, 1.165) is 62.6 Å². The van der Waals surface area contributed by atoms with Gasteiger partial charge in [0, 0.05) is 39.3 Å². The third-order valence-electron chi connectivity index (χ3n) is 7.19. The van der Waals surface area contributed by atoms with Crippen molar-refractivity contribution in [2.45, 2.75) is 38.2 Å². The topological polar surface area (TPSA) is 24.3 Å². The highest BCUT2D eigenvalue weighted by molar-refractivity contribution is 6.21. The number of hydrogen-bond donors (Lipinski definition) is 0. The van der Waals surface area contributed by atoms with Crippen molar-refractivity contribution in [2.24, 2.45) is 0 Å². The van der Waals surface area contributed by atoms with Gasteiger partial charge in [-0.05, 0) is 42.2 Å². The summed E-state index contributed by atoms with van der Waals surface area (Å²) < 4.78 is 2.30. The maximum atomic E-state index is 6.95. The molecule has 182 valence electrons. The van der Waals surface area contributed by atoms with Gasteiger partial charge >= 0.3 is 0 Å². The third kappa shape index (κ3) is 5.30. The Morgan fingerprint density at radius 3 is 2.06 bits per heavy atom. The van der Waals surface area contributed by atoms with E-state index in [9.17, 15) is 0 Å². The lowest BCUT2D eigenvalue weighted by atomic mass is 9.96. The number of nitrogens with zero attached hydrogens (tertiary/aromatic N) is 4. The number of aromatic nitrogens is 2. The molecule has 1 unspecified atom stereocenters. The Kier molecular flexibility index (Phi) is 7.52. The zero-order valence-electron chi connectivity index (χ0n) is 20.8. The minimum Gasteiger partial charge on any atom is -0.328 e. The largest absolute Gasteiger partial charge is 0.328 e. The van der Waals surface area contributed by atoms with Gasteiger partial charge in [-0.2, -0.15) is 0 Å². The van der Waals surface area contributed by atoms with E-state index in [4.69, 9.17) is 16.6 Å². The molecule has 1 atom stereocenters. The summed E-state index contributed by atoms with van der Waals surface area (Å²) >= 11 is 6.95. The molecule has 1 aliphatic rings. The molecule has 0 saturated carbocycles. The zero-order chi connectivity index (χ0) is 24.2. The number of halogens is 1. The predicted molar refractivity (Wildman–Crippen MR) is 146 cm³/mol. The summed E-state index contributed by atoms with van der Waals surface area (Å²) in [4.78, 5) is 9.91. The first kappa shape index (κ1) is 24.1. The summed E-state index contributed by atoms with van der Waals surface area (Å²) in [5.41, 5.74) is 6.13. The molecule has 1 saturated heterocycles. The van der Waals surface area contributed by atoms with Crippen LogP contribution in [-0.4, -0.2) is 52.1 Å². The van der Waals surface area contributed by atoms with Gasteiger partial charge in [0.15, 0.2) is 0 Å². The van der Waals surface area contributed by atoms with Crippen molar-refractivity contribution in [2.75, 3.05) is 32.7 Å². The van der Waals surface area contributed by atoms with Gasteiger partial charge in [0.1, 0.15) is 5.82 Å². The standard InChI is InChI=1S/C30H35ClN4/c1-3-16-35-23(2)32-28-21-26(14-15-29(28)35)27(31)22-33-17-19-34(20-18-33)30(24-10-6-4-7-11-24)25-12-8-5-9-13-25/h4-15,21,27,30H,3,16-20,22H2,1-2H3. The molecule has 2 heterocycles. The molecular weight excluding hydrogens is 452 g/mol. The average molecular weight is 487 g/mol. The molecular formula is C30H35ClN4. The first-order valence-electron chi connectivity index (χ1n) is 12.8. The Bertz CT molecular complexity index is 1190. The van der Waals surface area contributed by atoms with Crippen molar-refractivity contribution in [1.29, 1.82) is 0 Å². The summed E-state index contributed by atoms with van der Waals surface area (Å²) in [6, 6.07) is 28.6. The third-order valence-corrected chi connectivity index (χ3v) is 7.58. The van der Waals surface area contributed by atoms with Gasteiger partial charge in [0.25, 0.3) is 0 Å². The second-order valence-corrected chi connectivity index (χ2v) is 10.1. The lowest BCUT2D eigenvalue weighted by Crippen LogP contribution is -2.48. The monoisotopic (exact) mass is 486 g/mol. The van der Waals surface area contributed by atoms with E-state index in [0.29, 0.717) is 0 Å². The van der Waals surface area contributed by atoms with E-state index in [-0.39, 0.29) is 11.4 Å². The number of piperazine rings is 1. The SMILES string of the molecule is CCCn1c(C)nc2cc(C(Cl)CN3CCN(C(c4ccccc4)c4ccccc4)CC3)ccc21. The number of imidazole rings is 1. The summed E-state index contributed by atoms with van der Waals surface area (Å²) in [7, 11) is 0. The molecule has 4 aromatic rings. The van der Waals surface area contributed by atoms with Crippen LogP contribution in [0.3, 0.4) is 0 Å². The maximum absolute atomic E-state index is 6.95. The normalized spacial score (nSPS) is 16.2. The van der Waals surface area contributed by atoms with Crippen LogP contribution in [0.2, 0.25) is 0 Å². The van der Waals surface area contributed by atoms with Gasteiger partial charge in [-0.15, -0.1) is 11.6 Å². The van der Waals surface area contributed by atoms with Gasteiger partial charge in [-0.1, -0.05) is 73.7 Å². The number of rotatable bonds is 8. The Hall–Kier alpha value is -2.66. The molecule has 35 heavy (non-hydrogen) atoms. The molecule has 0 aliphatic carbocycles. The van der Waals surface area contributed by atoms with Crippen molar-refractivity contribution >= 4 is 22.6 Å². The minimum absolute atomic E-state index is 0.0402. The van der Waals surface area contributed by atoms with Gasteiger partial charge in [-0.3, -0.25) is 9.80 Å². The quantitative estimate of drug-likeness (QED) is 0.268. The molecule has 0 bridgehead atoms. The van der Waals surface area contributed by atoms with E-state index in [1.54, 1.807) is 0 Å². The fraction of sp³-hybridized carbons (Fsp3) is 0.367. The summed E-state index contributed by atoms with van der Waals surface area (Å²) in [5, 5.41) is -0.0402. The predicted octanol–water partition coefficient (Wildman–Crippen LogP) is 6.44. The summed E-state index contributed by atoms with van der Waals surface area (Å²) in [5.74, 6) is 1.08. The van der Waals surface area contributed by atoms with Crippen LogP contribution in [0, 0.1) is 6.92 Å². The van der Waals surface area contributed by atoms with Crippen LogP contribution in [0.25, 0.3) is 11.0 Å². The van der Waals surface area contributed by atoms with Crippen molar-refractivity contribution < 1.29 is 0 Å². The van der Waals surface area contributed by atoms with Crippen molar-refractivity contribution in [3.05, 3.63) is 101 Å². The zero-order valence-corrected chi connectivity index (χ0v) is 21.5. The number of fused-ring (bicyclic) bond motifs is 1. The lowest BCUT2D eigenvalue weighted by Gasteiger charge is -2.40. The number of hydrogen-bond acceptors (Lipinski definition) is 3. The molecule has 1 aromatic heterocycles. The molecule has 5 rings (SSSR count). The van der Waals surface area contributed by atoms with E-state index >= 15 is 0 Å². The van der Waals surface area contributed by atoms with Crippen LogP contribution in [0.15, 0.2) is 78.9 Å². The maximum Gasteiger partial charge on any atom is 0.106 e. The number of alkyl halides is 1.